The van der Waals surface area contributed by atoms with Crippen LogP contribution in [0, 0.1) is 0 Å². The molecule has 1 N–H and O–H groups in total. The second kappa shape index (κ2) is 8.92. The first-order valence-corrected chi connectivity index (χ1v) is 10.9. The molecule has 1 atom stereocenters. The third-order valence-electron chi connectivity index (χ3n) is 4.75. The lowest BCUT2D eigenvalue weighted by molar-refractivity contribution is -0.119. The summed E-state index contributed by atoms with van der Waals surface area (Å²) < 4.78 is 7.32. The molecule has 1 amide bonds. The monoisotopic (exact) mass is 431 g/mol. The van der Waals surface area contributed by atoms with Crippen molar-refractivity contribution in [2.24, 2.45) is 0 Å². The highest BCUT2D eigenvalue weighted by atomic mass is 35.5. The molecular formula is C20H22ClN5O2S. The Bertz CT molecular complexity index is 969. The van der Waals surface area contributed by atoms with Crippen LogP contribution >= 0.6 is 23.4 Å². The Morgan fingerprint density at radius 3 is 2.83 bits per heavy atom. The van der Waals surface area contributed by atoms with Crippen LogP contribution in [-0.4, -0.2) is 39.5 Å². The number of hydrogen-bond acceptors (Lipinski definition) is 6. The van der Waals surface area contributed by atoms with E-state index in [4.69, 9.17) is 16.0 Å². The normalized spacial score (nSPS) is 14.9. The summed E-state index contributed by atoms with van der Waals surface area (Å²) in [6, 6.07) is 11.0. The zero-order valence-electron chi connectivity index (χ0n) is 16.0. The maximum atomic E-state index is 12.4. The fourth-order valence-corrected chi connectivity index (χ4v) is 4.28. The van der Waals surface area contributed by atoms with E-state index >= 15 is 0 Å². The van der Waals surface area contributed by atoms with Crippen molar-refractivity contribution >= 4 is 35.2 Å². The minimum absolute atomic E-state index is 0.0951. The number of nitrogens with one attached hydrogen (secondary N) is 1. The summed E-state index contributed by atoms with van der Waals surface area (Å²) in [6.45, 7) is 3.79. The summed E-state index contributed by atoms with van der Waals surface area (Å²) in [5.41, 5.74) is 0.885. The topological polar surface area (TPSA) is 76.2 Å². The molecule has 3 heterocycles. The summed E-state index contributed by atoms with van der Waals surface area (Å²) in [7, 11) is 0. The lowest BCUT2D eigenvalue weighted by Gasteiger charge is -2.18. The second-order valence-electron chi connectivity index (χ2n) is 6.89. The first-order chi connectivity index (χ1) is 14.1. The summed E-state index contributed by atoms with van der Waals surface area (Å²) in [5.74, 6) is 1.64. The van der Waals surface area contributed by atoms with Gasteiger partial charge in [-0.05, 0) is 50.1 Å². The van der Waals surface area contributed by atoms with E-state index in [0.29, 0.717) is 10.2 Å². The molecule has 3 aromatic rings. The van der Waals surface area contributed by atoms with Crippen LogP contribution in [0.4, 0.5) is 5.95 Å². The number of benzene rings is 1. The standard InChI is InChI=1S/C20H22ClN5O2S/c1-14(17-8-5-11-28-17)22-18(27)13-29-20-24-23-19(25-9-2-3-10-25)26(20)16-7-4-6-15(21)12-16/h4-8,11-12,14H,2-3,9-10,13H2,1H3,(H,22,27). The maximum Gasteiger partial charge on any atom is 0.232 e. The van der Waals surface area contributed by atoms with Gasteiger partial charge in [0.05, 0.1) is 23.7 Å². The molecule has 4 rings (SSSR count). The fourth-order valence-electron chi connectivity index (χ4n) is 3.34. The van der Waals surface area contributed by atoms with Crippen molar-refractivity contribution in [1.82, 2.24) is 20.1 Å². The van der Waals surface area contributed by atoms with E-state index in [-0.39, 0.29) is 17.7 Å². The predicted molar refractivity (Wildman–Crippen MR) is 114 cm³/mol. The van der Waals surface area contributed by atoms with Crippen LogP contribution in [-0.2, 0) is 4.79 Å². The van der Waals surface area contributed by atoms with Crippen LogP contribution in [0.3, 0.4) is 0 Å². The van der Waals surface area contributed by atoms with Crippen molar-refractivity contribution < 1.29 is 9.21 Å². The van der Waals surface area contributed by atoms with Gasteiger partial charge in [-0.25, -0.2) is 0 Å². The Labute approximate surface area is 178 Å². The summed E-state index contributed by atoms with van der Waals surface area (Å²) >= 11 is 7.56. The van der Waals surface area contributed by atoms with Crippen molar-refractivity contribution in [3.8, 4) is 5.69 Å². The molecule has 1 aromatic carbocycles. The molecule has 1 aliphatic rings. The Kier molecular flexibility index (Phi) is 6.10. The lowest BCUT2D eigenvalue weighted by atomic mass is 10.2. The molecule has 0 bridgehead atoms. The third kappa shape index (κ3) is 4.59. The Hall–Kier alpha value is -2.45. The van der Waals surface area contributed by atoms with Gasteiger partial charge >= 0.3 is 0 Å². The lowest BCUT2D eigenvalue weighted by Crippen LogP contribution is -2.28. The van der Waals surface area contributed by atoms with Crippen molar-refractivity contribution in [3.05, 3.63) is 53.4 Å². The molecule has 7 nitrogen and oxygen atoms in total. The molecule has 2 aromatic heterocycles. The zero-order chi connectivity index (χ0) is 20.2. The van der Waals surface area contributed by atoms with Crippen LogP contribution in [0.5, 0.6) is 0 Å². The minimum atomic E-state index is -0.191. The van der Waals surface area contributed by atoms with Gasteiger partial charge in [0.2, 0.25) is 11.9 Å². The van der Waals surface area contributed by atoms with Gasteiger partial charge in [0.1, 0.15) is 5.76 Å². The van der Waals surface area contributed by atoms with E-state index in [2.05, 4.69) is 20.4 Å². The molecule has 0 aliphatic carbocycles. The first kappa shape index (κ1) is 19.8. The van der Waals surface area contributed by atoms with Crippen molar-refractivity contribution in [3.63, 3.8) is 0 Å². The van der Waals surface area contributed by atoms with Crippen LogP contribution in [0.25, 0.3) is 5.69 Å². The van der Waals surface area contributed by atoms with Crippen molar-refractivity contribution in [2.75, 3.05) is 23.7 Å². The van der Waals surface area contributed by atoms with Crippen LogP contribution < -0.4 is 10.2 Å². The molecule has 1 saturated heterocycles. The highest BCUT2D eigenvalue weighted by molar-refractivity contribution is 7.99. The molecule has 0 radical (unpaired) electrons. The average molecular weight is 432 g/mol. The van der Waals surface area contributed by atoms with E-state index < -0.39 is 0 Å². The van der Waals surface area contributed by atoms with E-state index in [1.54, 1.807) is 12.3 Å². The number of rotatable bonds is 7. The Morgan fingerprint density at radius 2 is 2.10 bits per heavy atom. The first-order valence-electron chi connectivity index (χ1n) is 9.53. The molecule has 1 fully saturated rings. The molecule has 1 aliphatic heterocycles. The van der Waals surface area contributed by atoms with Crippen LogP contribution in [0.1, 0.15) is 31.6 Å². The second-order valence-corrected chi connectivity index (χ2v) is 8.26. The van der Waals surface area contributed by atoms with Gasteiger partial charge in [0.15, 0.2) is 5.16 Å². The van der Waals surface area contributed by atoms with Gasteiger partial charge in [-0.2, -0.15) is 0 Å². The van der Waals surface area contributed by atoms with Crippen molar-refractivity contribution in [2.45, 2.75) is 31.0 Å². The quantitative estimate of drug-likeness (QED) is 0.568. The van der Waals surface area contributed by atoms with Gasteiger partial charge < -0.3 is 14.6 Å². The van der Waals surface area contributed by atoms with Gasteiger partial charge in [0.25, 0.3) is 0 Å². The maximum absolute atomic E-state index is 12.4. The number of anilines is 1. The van der Waals surface area contributed by atoms with Gasteiger partial charge in [0, 0.05) is 18.1 Å². The summed E-state index contributed by atoms with van der Waals surface area (Å²) in [6.07, 6.45) is 3.87. The SMILES string of the molecule is CC(NC(=O)CSc1nnc(N2CCCC2)n1-c1cccc(Cl)c1)c1ccco1. The number of furan rings is 1. The number of aromatic nitrogens is 3. The van der Waals surface area contributed by atoms with E-state index in [0.717, 1.165) is 43.3 Å². The number of hydrogen-bond donors (Lipinski definition) is 1. The van der Waals surface area contributed by atoms with Crippen LogP contribution in [0.15, 0.2) is 52.2 Å². The molecule has 152 valence electrons. The van der Waals surface area contributed by atoms with Crippen molar-refractivity contribution in [1.29, 1.82) is 0 Å². The Balaban J connectivity index is 1.51. The predicted octanol–water partition coefficient (Wildman–Crippen LogP) is 4.08. The third-order valence-corrected chi connectivity index (χ3v) is 5.92. The highest BCUT2D eigenvalue weighted by Crippen LogP contribution is 2.29. The number of carbonyl (C=O) groups is 1. The molecule has 1 unspecified atom stereocenters. The van der Waals surface area contributed by atoms with E-state index in [1.807, 2.05) is 41.8 Å². The van der Waals surface area contributed by atoms with Gasteiger partial charge in [-0.3, -0.25) is 9.36 Å². The summed E-state index contributed by atoms with van der Waals surface area (Å²) in [5, 5.41) is 13.0. The largest absolute Gasteiger partial charge is 0.467 e. The van der Waals surface area contributed by atoms with Gasteiger partial charge in [-0.15, -0.1) is 10.2 Å². The smallest absolute Gasteiger partial charge is 0.232 e. The van der Waals surface area contributed by atoms with E-state index in [9.17, 15) is 4.79 Å². The molecule has 29 heavy (non-hydrogen) atoms. The molecular weight excluding hydrogens is 410 g/mol. The fraction of sp³-hybridized carbons (Fsp3) is 0.350. The van der Waals surface area contributed by atoms with Crippen LogP contribution in [0.2, 0.25) is 5.02 Å². The number of nitrogens with zero attached hydrogens (tertiary/aromatic N) is 4. The zero-order valence-corrected chi connectivity index (χ0v) is 17.6. The number of halogens is 1. The number of thioether (sulfide) groups is 1. The Morgan fingerprint density at radius 1 is 1.28 bits per heavy atom. The van der Waals surface area contributed by atoms with E-state index in [1.165, 1.54) is 11.8 Å². The number of carbonyl (C=O) groups excluding carboxylic acids is 1. The molecule has 0 spiro atoms. The average Bonchev–Trinajstić information content (AvgIpc) is 3.47. The van der Waals surface area contributed by atoms with Gasteiger partial charge in [-0.1, -0.05) is 29.4 Å². The summed E-state index contributed by atoms with van der Waals surface area (Å²) in [4.78, 5) is 14.6. The molecule has 9 heteroatoms. The number of amides is 1. The highest BCUT2D eigenvalue weighted by Gasteiger charge is 2.23. The molecule has 0 saturated carbocycles. The minimum Gasteiger partial charge on any atom is -0.467 e.